The number of nitrogens with zero attached hydrogens (tertiary/aromatic N) is 2. The molecule has 0 radical (unpaired) electrons. The average molecular weight is 302 g/mol. The Balaban J connectivity index is 1.79. The van der Waals surface area contributed by atoms with Gasteiger partial charge in [-0.2, -0.15) is 0 Å². The largest absolute Gasteiger partial charge is 0.369 e. The topological polar surface area (TPSA) is 37.8 Å². The molecule has 0 unspecified atom stereocenters. The van der Waals surface area contributed by atoms with E-state index in [1.807, 2.05) is 30.3 Å². The molecule has 1 aliphatic rings. The van der Waals surface area contributed by atoms with Crippen LogP contribution in [0.1, 0.15) is 26.7 Å². The predicted octanol–water partition coefficient (Wildman–Crippen LogP) is 4.65. The van der Waals surface area contributed by atoms with Crippen molar-refractivity contribution in [2.24, 2.45) is 11.3 Å². The molecule has 0 amide bonds. The van der Waals surface area contributed by atoms with Crippen LogP contribution in [0.15, 0.2) is 36.4 Å². The van der Waals surface area contributed by atoms with Gasteiger partial charge in [0.1, 0.15) is 11.0 Å². The first kappa shape index (κ1) is 14.3. The molecule has 0 saturated heterocycles. The van der Waals surface area contributed by atoms with Crippen molar-refractivity contribution in [2.75, 3.05) is 11.9 Å². The van der Waals surface area contributed by atoms with Gasteiger partial charge in [0.15, 0.2) is 5.82 Å². The third kappa shape index (κ3) is 3.18. The van der Waals surface area contributed by atoms with Crippen molar-refractivity contribution in [3.8, 4) is 11.4 Å². The zero-order valence-electron chi connectivity index (χ0n) is 12.4. The smallest absolute Gasteiger partial charge is 0.163 e. The van der Waals surface area contributed by atoms with Crippen molar-refractivity contribution in [1.82, 2.24) is 9.97 Å². The van der Waals surface area contributed by atoms with Crippen molar-refractivity contribution in [1.29, 1.82) is 0 Å². The molecule has 0 bridgehead atoms. The number of benzene rings is 1. The standard InChI is InChI=1S/C17H20ClN3/c1-12(2)17(8-9-17)11-19-15-10-14(18)20-16(21-15)13-6-4-3-5-7-13/h3-7,10,12H,8-9,11H2,1-2H3,(H,19,20,21). The molecule has 0 aliphatic heterocycles. The second kappa shape index (κ2) is 5.64. The van der Waals surface area contributed by atoms with Crippen LogP contribution < -0.4 is 5.32 Å². The fraction of sp³-hybridized carbons (Fsp3) is 0.412. The minimum absolute atomic E-state index is 0.435. The van der Waals surface area contributed by atoms with Crippen LogP contribution in [-0.2, 0) is 0 Å². The lowest BCUT2D eigenvalue weighted by Gasteiger charge is -2.20. The highest BCUT2D eigenvalue weighted by molar-refractivity contribution is 6.29. The van der Waals surface area contributed by atoms with Crippen LogP contribution in [-0.4, -0.2) is 16.5 Å². The van der Waals surface area contributed by atoms with Crippen molar-refractivity contribution in [3.05, 3.63) is 41.6 Å². The molecule has 0 atom stereocenters. The van der Waals surface area contributed by atoms with Crippen LogP contribution in [0.3, 0.4) is 0 Å². The maximum absolute atomic E-state index is 6.14. The molecule has 1 saturated carbocycles. The van der Waals surface area contributed by atoms with Crippen LogP contribution in [0.2, 0.25) is 5.15 Å². The summed E-state index contributed by atoms with van der Waals surface area (Å²) in [6.45, 7) is 5.53. The van der Waals surface area contributed by atoms with Gasteiger partial charge in [-0.05, 0) is 24.2 Å². The highest BCUT2D eigenvalue weighted by Gasteiger charge is 2.44. The van der Waals surface area contributed by atoms with Gasteiger partial charge in [-0.3, -0.25) is 0 Å². The first-order valence-electron chi connectivity index (χ1n) is 7.43. The summed E-state index contributed by atoms with van der Waals surface area (Å²) in [5.74, 6) is 2.16. The van der Waals surface area contributed by atoms with E-state index in [9.17, 15) is 0 Å². The Morgan fingerprint density at radius 1 is 1.19 bits per heavy atom. The summed E-state index contributed by atoms with van der Waals surface area (Å²) in [5.41, 5.74) is 1.41. The predicted molar refractivity (Wildman–Crippen MR) is 87.5 cm³/mol. The van der Waals surface area contributed by atoms with Crippen molar-refractivity contribution in [2.45, 2.75) is 26.7 Å². The van der Waals surface area contributed by atoms with Gasteiger partial charge in [-0.1, -0.05) is 55.8 Å². The van der Waals surface area contributed by atoms with E-state index in [-0.39, 0.29) is 0 Å². The van der Waals surface area contributed by atoms with Gasteiger partial charge in [-0.25, -0.2) is 9.97 Å². The first-order valence-corrected chi connectivity index (χ1v) is 7.81. The number of nitrogens with one attached hydrogen (secondary N) is 1. The van der Waals surface area contributed by atoms with E-state index < -0.39 is 0 Å². The fourth-order valence-corrected chi connectivity index (χ4v) is 2.79. The minimum atomic E-state index is 0.435. The molecular weight excluding hydrogens is 282 g/mol. The van der Waals surface area contributed by atoms with Crippen molar-refractivity contribution in [3.63, 3.8) is 0 Å². The van der Waals surface area contributed by atoms with Crippen LogP contribution in [0.5, 0.6) is 0 Å². The Morgan fingerprint density at radius 3 is 2.52 bits per heavy atom. The maximum Gasteiger partial charge on any atom is 0.163 e. The Labute approximate surface area is 130 Å². The van der Waals surface area contributed by atoms with E-state index in [1.165, 1.54) is 12.8 Å². The Kier molecular flexibility index (Phi) is 3.85. The molecule has 0 spiro atoms. The maximum atomic E-state index is 6.14. The second-order valence-electron chi connectivity index (χ2n) is 6.14. The molecule has 3 nitrogen and oxygen atoms in total. The molecular formula is C17H20ClN3. The van der Waals surface area contributed by atoms with E-state index in [0.717, 1.165) is 17.9 Å². The summed E-state index contributed by atoms with van der Waals surface area (Å²) >= 11 is 6.14. The molecule has 4 heteroatoms. The number of hydrogen-bond acceptors (Lipinski definition) is 3. The Morgan fingerprint density at radius 2 is 1.90 bits per heavy atom. The first-order chi connectivity index (χ1) is 10.1. The van der Waals surface area contributed by atoms with Crippen LogP contribution >= 0.6 is 11.6 Å². The van der Waals surface area contributed by atoms with E-state index in [1.54, 1.807) is 6.07 Å². The summed E-state index contributed by atoms with van der Waals surface area (Å²) in [4.78, 5) is 8.90. The monoisotopic (exact) mass is 301 g/mol. The SMILES string of the molecule is CC(C)C1(CNc2cc(Cl)nc(-c3ccccc3)n2)CC1. The lowest BCUT2D eigenvalue weighted by molar-refractivity contribution is 0.380. The summed E-state index contributed by atoms with van der Waals surface area (Å²) < 4.78 is 0. The summed E-state index contributed by atoms with van der Waals surface area (Å²) in [5, 5.41) is 3.92. The van der Waals surface area contributed by atoms with Crippen molar-refractivity contribution < 1.29 is 0 Å². The third-order valence-corrected chi connectivity index (χ3v) is 4.66. The summed E-state index contributed by atoms with van der Waals surface area (Å²) in [6.07, 6.45) is 2.59. The number of hydrogen-bond donors (Lipinski definition) is 1. The molecule has 1 N–H and O–H groups in total. The lowest BCUT2D eigenvalue weighted by Crippen LogP contribution is -2.21. The van der Waals surface area contributed by atoms with E-state index in [0.29, 0.717) is 22.3 Å². The van der Waals surface area contributed by atoms with Crippen LogP contribution in [0, 0.1) is 11.3 Å². The normalized spacial score (nSPS) is 16.0. The van der Waals surface area contributed by atoms with E-state index >= 15 is 0 Å². The van der Waals surface area contributed by atoms with Crippen molar-refractivity contribution >= 4 is 17.4 Å². The molecule has 21 heavy (non-hydrogen) atoms. The average Bonchev–Trinajstić information content (AvgIpc) is 3.27. The highest BCUT2D eigenvalue weighted by Crippen LogP contribution is 2.51. The van der Waals surface area contributed by atoms with Gasteiger partial charge in [0.05, 0.1) is 0 Å². The van der Waals surface area contributed by atoms with Crippen LogP contribution in [0.4, 0.5) is 5.82 Å². The number of halogens is 1. The van der Waals surface area contributed by atoms with E-state index in [4.69, 9.17) is 11.6 Å². The Hall–Kier alpha value is -1.61. The number of rotatable bonds is 5. The lowest BCUT2D eigenvalue weighted by atomic mass is 9.92. The summed E-state index contributed by atoms with van der Waals surface area (Å²) in [6, 6.07) is 11.7. The molecule has 2 aromatic rings. The molecule has 1 heterocycles. The minimum Gasteiger partial charge on any atom is -0.369 e. The fourth-order valence-electron chi connectivity index (χ4n) is 2.61. The Bertz CT molecular complexity index is 621. The highest BCUT2D eigenvalue weighted by atomic mass is 35.5. The molecule has 3 rings (SSSR count). The second-order valence-corrected chi connectivity index (χ2v) is 6.52. The number of aromatic nitrogens is 2. The van der Waals surface area contributed by atoms with Gasteiger partial charge >= 0.3 is 0 Å². The van der Waals surface area contributed by atoms with Crippen LogP contribution in [0.25, 0.3) is 11.4 Å². The van der Waals surface area contributed by atoms with Gasteiger partial charge in [0.2, 0.25) is 0 Å². The van der Waals surface area contributed by atoms with Gasteiger partial charge in [0, 0.05) is 18.2 Å². The van der Waals surface area contributed by atoms with E-state index in [2.05, 4.69) is 29.1 Å². The summed E-state index contributed by atoms with van der Waals surface area (Å²) in [7, 11) is 0. The molecule has 1 aromatic heterocycles. The quantitative estimate of drug-likeness (QED) is 0.817. The molecule has 1 aliphatic carbocycles. The zero-order chi connectivity index (χ0) is 14.9. The zero-order valence-corrected chi connectivity index (χ0v) is 13.2. The number of anilines is 1. The third-order valence-electron chi connectivity index (χ3n) is 4.47. The molecule has 1 fully saturated rings. The molecule has 1 aromatic carbocycles. The molecule has 110 valence electrons. The van der Waals surface area contributed by atoms with Gasteiger partial charge < -0.3 is 5.32 Å². The van der Waals surface area contributed by atoms with Gasteiger partial charge in [0.25, 0.3) is 0 Å². The van der Waals surface area contributed by atoms with Gasteiger partial charge in [-0.15, -0.1) is 0 Å².